The SMILES string of the molecule is Cc1cc2c(cn1)cc(C)c1cc(-c3nc4ccc5c(C)cncc5c4cc3C)ncc12. The normalized spacial score (nSPS) is 11.8. The minimum Gasteiger partial charge on any atom is -0.264 e. The van der Waals surface area contributed by atoms with E-state index in [2.05, 4.69) is 67.1 Å². The van der Waals surface area contributed by atoms with Crippen molar-refractivity contribution in [2.24, 2.45) is 0 Å². The molecule has 0 unspecified atom stereocenters. The van der Waals surface area contributed by atoms with E-state index in [1.165, 1.54) is 27.3 Å². The van der Waals surface area contributed by atoms with Gasteiger partial charge in [-0.25, -0.2) is 4.98 Å². The van der Waals surface area contributed by atoms with E-state index in [-0.39, 0.29) is 0 Å². The standard InChI is InChI=1S/C28H22N4/c1-15-7-19-12-30-18(4)9-22(19)25-14-31-27(10-21(15)25)28-16(2)8-23-24-13-29-11-17(3)20(24)5-6-26(23)32-28/h5-14H,1-4H3. The smallest absolute Gasteiger partial charge is 0.0923 e. The quantitative estimate of drug-likeness (QED) is 0.278. The second kappa shape index (κ2) is 6.79. The highest BCUT2D eigenvalue weighted by Crippen LogP contribution is 2.33. The molecule has 0 radical (unpaired) electrons. The Hall–Kier alpha value is -3.92. The van der Waals surface area contributed by atoms with Gasteiger partial charge >= 0.3 is 0 Å². The van der Waals surface area contributed by atoms with Gasteiger partial charge in [0.1, 0.15) is 0 Å². The van der Waals surface area contributed by atoms with Crippen LogP contribution in [-0.2, 0) is 0 Å². The Labute approximate surface area is 186 Å². The first-order chi connectivity index (χ1) is 15.5. The lowest BCUT2D eigenvalue weighted by Gasteiger charge is -2.12. The van der Waals surface area contributed by atoms with E-state index in [1.54, 1.807) is 0 Å². The van der Waals surface area contributed by atoms with E-state index in [0.29, 0.717) is 0 Å². The van der Waals surface area contributed by atoms with Crippen LogP contribution in [0.15, 0.2) is 61.2 Å². The fourth-order valence-electron chi connectivity index (χ4n) is 4.76. The Morgan fingerprint density at radius 1 is 0.562 bits per heavy atom. The van der Waals surface area contributed by atoms with Gasteiger partial charge in [0.05, 0.1) is 16.9 Å². The molecule has 0 fully saturated rings. The van der Waals surface area contributed by atoms with Crippen molar-refractivity contribution in [3.05, 3.63) is 83.6 Å². The summed E-state index contributed by atoms with van der Waals surface area (Å²) < 4.78 is 0. The minimum atomic E-state index is 0.896. The molecule has 0 bridgehead atoms. The van der Waals surface area contributed by atoms with Crippen LogP contribution in [0.2, 0.25) is 0 Å². The minimum absolute atomic E-state index is 0.896. The van der Waals surface area contributed by atoms with Crippen LogP contribution in [0.25, 0.3) is 54.6 Å². The summed E-state index contributed by atoms with van der Waals surface area (Å²) in [6.45, 7) is 8.37. The van der Waals surface area contributed by atoms with Gasteiger partial charge in [0, 0.05) is 52.0 Å². The maximum atomic E-state index is 5.04. The predicted octanol–water partition coefficient (Wildman–Crippen LogP) is 6.78. The van der Waals surface area contributed by atoms with E-state index < -0.39 is 0 Å². The Balaban J connectivity index is 1.60. The Bertz CT molecular complexity index is 1720. The van der Waals surface area contributed by atoms with Gasteiger partial charge in [0.2, 0.25) is 0 Å². The van der Waals surface area contributed by atoms with Gasteiger partial charge in [-0.2, -0.15) is 0 Å². The number of aryl methyl sites for hydroxylation is 4. The third-order valence-electron chi connectivity index (χ3n) is 6.43. The van der Waals surface area contributed by atoms with Crippen LogP contribution < -0.4 is 0 Å². The average molecular weight is 415 g/mol. The monoisotopic (exact) mass is 414 g/mol. The molecule has 0 amide bonds. The number of pyridine rings is 4. The van der Waals surface area contributed by atoms with Crippen LogP contribution in [-0.4, -0.2) is 19.9 Å². The summed E-state index contributed by atoms with van der Waals surface area (Å²) in [5.74, 6) is 0. The van der Waals surface area contributed by atoms with Gasteiger partial charge in [-0.05, 0) is 90.9 Å². The van der Waals surface area contributed by atoms with Crippen LogP contribution in [0.3, 0.4) is 0 Å². The molecule has 32 heavy (non-hydrogen) atoms. The summed E-state index contributed by atoms with van der Waals surface area (Å²) >= 11 is 0. The third-order valence-corrected chi connectivity index (χ3v) is 6.43. The molecule has 2 aromatic carbocycles. The van der Waals surface area contributed by atoms with Crippen molar-refractivity contribution in [1.29, 1.82) is 0 Å². The van der Waals surface area contributed by atoms with E-state index >= 15 is 0 Å². The van der Waals surface area contributed by atoms with Crippen molar-refractivity contribution in [2.75, 3.05) is 0 Å². The first-order valence-electron chi connectivity index (χ1n) is 10.8. The Kier molecular flexibility index (Phi) is 3.99. The van der Waals surface area contributed by atoms with Crippen LogP contribution in [0.4, 0.5) is 0 Å². The van der Waals surface area contributed by atoms with Gasteiger partial charge in [-0.1, -0.05) is 6.07 Å². The van der Waals surface area contributed by atoms with E-state index in [1.807, 2.05) is 31.7 Å². The van der Waals surface area contributed by atoms with E-state index in [0.717, 1.165) is 49.7 Å². The van der Waals surface area contributed by atoms with Crippen molar-refractivity contribution in [2.45, 2.75) is 27.7 Å². The lowest BCUT2D eigenvalue weighted by atomic mass is 9.98. The molecule has 4 nitrogen and oxygen atoms in total. The summed E-state index contributed by atoms with van der Waals surface area (Å²) in [4.78, 5) is 18.7. The maximum absolute atomic E-state index is 5.04. The third kappa shape index (κ3) is 2.76. The fraction of sp³-hybridized carbons (Fsp3) is 0.143. The summed E-state index contributed by atoms with van der Waals surface area (Å²) in [6.07, 6.45) is 7.77. The molecule has 0 atom stereocenters. The molecule has 6 rings (SSSR count). The molecule has 4 heterocycles. The molecule has 0 saturated carbocycles. The lowest BCUT2D eigenvalue weighted by Crippen LogP contribution is -1.95. The number of hydrogen-bond donors (Lipinski definition) is 0. The second-order valence-electron chi connectivity index (χ2n) is 8.69. The van der Waals surface area contributed by atoms with Crippen LogP contribution in [0.5, 0.6) is 0 Å². The Morgan fingerprint density at radius 3 is 2.28 bits per heavy atom. The molecule has 4 aromatic heterocycles. The van der Waals surface area contributed by atoms with Gasteiger partial charge < -0.3 is 0 Å². The zero-order chi connectivity index (χ0) is 22.0. The second-order valence-corrected chi connectivity index (χ2v) is 8.69. The Morgan fingerprint density at radius 2 is 1.41 bits per heavy atom. The van der Waals surface area contributed by atoms with Crippen molar-refractivity contribution < 1.29 is 0 Å². The highest BCUT2D eigenvalue weighted by Gasteiger charge is 2.13. The number of nitrogens with zero attached hydrogens (tertiary/aromatic N) is 4. The maximum Gasteiger partial charge on any atom is 0.0923 e. The van der Waals surface area contributed by atoms with Crippen molar-refractivity contribution in [3.63, 3.8) is 0 Å². The number of fused-ring (bicyclic) bond motifs is 6. The lowest BCUT2D eigenvalue weighted by molar-refractivity contribution is 1.22. The first kappa shape index (κ1) is 18.8. The largest absolute Gasteiger partial charge is 0.264 e. The summed E-state index contributed by atoms with van der Waals surface area (Å²) in [6, 6.07) is 13.0. The van der Waals surface area contributed by atoms with Crippen LogP contribution in [0, 0.1) is 27.7 Å². The molecule has 154 valence electrons. The van der Waals surface area contributed by atoms with Crippen molar-refractivity contribution in [1.82, 2.24) is 19.9 Å². The average Bonchev–Trinajstić information content (AvgIpc) is 2.79. The zero-order valence-electron chi connectivity index (χ0n) is 18.6. The van der Waals surface area contributed by atoms with Crippen LogP contribution >= 0.6 is 0 Å². The van der Waals surface area contributed by atoms with Crippen molar-refractivity contribution in [3.8, 4) is 11.4 Å². The van der Waals surface area contributed by atoms with Crippen molar-refractivity contribution >= 4 is 43.2 Å². The molecule has 0 aliphatic carbocycles. The summed E-state index contributed by atoms with van der Waals surface area (Å²) in [5.41, 5.74) is 7.29. The molecule has 6 aromatic rings. The highest BCUT2D eigenvalue weighted by atomic mass is 14.8. The zero-order valence-corrected chi connectivity index (χ0v) is 18.6. The molecule has 4 heteroatoms. The van der Waals surface area contributed by atoms with Gasteiger partial charge in [-0.15, -0.1) is 0 Å². The molecule has 0 aliphatic heterocycles. The number of benzene rings is 2. The molecular formula is C28H22N4. The van der Waals surface area contributed by atoms with Gasteiger partial charge in [0.15, 0.2) is 0 Å². The highest BCUT2D eigenvalue weighted by molar-refractivity contribution is 6.10. The number of aromatic nitrogens is 4. The first-order valence-corrected chi connectivity index (χ1v) is 10.8. The molecule has 0 spiro atoms. The summed E-state index contributed by atoms with van der Waals surface area (Å²) in [7, 11) is 0. The van der Waals surface area contributed by atoms with Gasteiger partial charge in [-0.3, -0.25) is 15.0 Å². The predicted molar refractivity (Wildman–Crippen MR) is 132 cm³/mol. The number of rotatable bonds is 1. The van der Waals surface area contributed by atoms with E-state index in [9.17, 15) is 0 Å². The fourth-order valence-corrected chi connectivity index (χ4v) is 4.76. The molecular weight excluding hydrogens is 392 g/mol. The van der Waals surface area contributed by atoms with E-state index in [4.69, 9.17) is 9.97 Å². The number of hydrogen-bond acceptors (Lipinski definition) is 4. The molecule has 0 aliphatic rings. The summed E-state index contributed by atoms with van der Waals surface area (Å²) in [5, 5.41) is 8.18. The molecule has 0 N–H and O–H groups in total. The van der Waals surface area contributed by atoms with Crippen LogP contribution in [0.1, 0.15) is 22.4 Å². The molecule has 0 saturated heterocycles. The topological polar surface area (TPSA) is 51.6 Å². The van der Waals surface area contributed by atoms with Gasteiger partial charge in [0.25, 0.3) is 0 Å².